The Morgan fingerprint density at radius 1 is 1.03 bits per heavy atom. The zero-order chi connectivity index (χ0) is 27.1. The minimum absolute atomic E-state index is 0.149. The fraction of sp³-hybridized carbons (Fsp3) is 0.519. The number of rotatable bonds is 9. The van der Waals surface area contributed by atoms with Crippen LogP contribution in [0.15, 0.2) is 42.5 Å². The highest BCUT2D eigenvalue weighted by atomic mass is 35.5. The molecule has 2 fully saturated rings. The smallest absolute Gasteiger partial charge is 0.494 e. The maximum atomic E-state index is 12.1. The summed E-state index contributed by atoms with van der Waals surface area (Å²) in [5.41, 5.74) is 2.06. The molecule has 11 heteroatoms. The van der Waals surface area contributed by atoms with Crippen molar-refractivity contribution in [3.8, 4) is 16.9 Å². The molecule has 0 bridgehead atoms. The summed E-state index contributed by atoms with van der Waals surface area (Å²) in [6, 6.07) is 12.5. The normalized spacial score (nSPS) is 26.1. The molecule has 2 heterocycles. The van der Waals surface area contributed by atoms with Gasteiger partial charge in [0.15, 0.2) is 0 Å². The molecule has 0 radical (unpaired) electrons. The van der Waals surface area contributed by atoms with Crippen LogP contribution < -0.4 is 4.74 Å². The number of benzene rings is 2. The van der Waals surface area contributed by atoms with E-state index in [0.717, 1.165) is 24.4 Å². The van der Waals surface area contributed by atoms with Gasteiger partial charge in [-0.2, -0.15) is 0 Å². The Bertz CT molecular complexity index is 1050. The van der Waals surface area contributed by atoms with Gasteiger partial charge in [-0.25, -0.2) is 4.79 Å². The van der Waals surface area contributed by atoms with E-state index in [2.05, 4.69) is 4.90 Å². The van der Waals surface area contributed by atoms with Crippen LogP contribution in [0.3, 0.4) is 0 Å². The van der Waals surface area contributed by atoms with E-state index in [1.807, 2.05) is 31.2 Å². The quantitative estimate of drug-likeness (QED) is 0.400. The number of hydrogen-bond acceptors (Lipinski definition) is 10. The van der Waals surface area contributed by atoms with E-state index in [1.54, 1.807) is 18.2 Å². The van der Waals surface area contributed by atoms with Crippen LogP contribution in [0.4, 0.5) is 4.79 Å². The Morgan fingerprint density at radius 2 is 1.76 bits per heavy atom. The van der Waals surface area contributed by atoms with Crippen LogP contribution in [0.2, 0.25) is 5.02 Å². The largest absolute Gasteiger partial charge is 0.508 e. The van der Waals surface area contributed by atoms with Crippen molar-refractivity contribution in [3.05, 3.63) is 53.1 Å². The molecule has 0 saturated carbocycles. The van der Waals surface area contributed by atoms with Crippen LogP contribution in [0.1, 0.15) is 18.6 Å². The number of ether oxygens (including phenoxy) is 5. The van der Waals surface area contributed by atoms with Crippen molar-refractivity contribution < 1.29 is 43.8 Å². The van der Waals surface area contributed by atoms with Crippen molar-refractivity contribution in [2.45, 2.75) is 37.4 Å². The second-order valence-corrected chi connectivity index (χ2v) is 9.53. The van der Waals surface area contributed by atoms with Gasteiger partial charge in [0.05, 0.1) is 19.8 Å². The van der Waals surface area contributed by atoms with Gasteiger partial charge in [-0.3, -0.25) is 4.90 Å². The topological polar surface area (TPSA) is 127 Å². The molecular weight excluding hydrogens is 518 g/mol. The molecule has 2 aliphatic heterocycles. The summed E-state index contributed by atoms with van der Waals surface area (Å²) in [4.78, 5) is 14.2. The van der Waals surface area contributed by atoms with Crippen LogP contribution in [0, 0.1) is 0 Å². The molecule has 0 aliphatic carbocycles. The molecule has 2 aliphatic rings. The van der Waals surface area contributed by atoms with Gasteiger partial charge >= 0.3 is 6.16 Å². The van der Waals surface area contributed by atoms with E-state index in [0.29, 0.717) is 42.5 Å². The predicted molar refractivity (Wildman–Crippen MR) is 138 cm³/mol. The summed E-state index contributed by atoms with van der Waals surface area (Å²) in [6.45, 7) is 5.63. The highest BCUT2D eigenvalue weighted by Crippen LogP contribution is 2.37. The van der Waals surface area contributed by atoms with Gasteiger partial charge in [0.25, 0.3) is 0 Å². The first-order valence-corrected chi connectivity index (χ1v) is 13.1. The van der Waals surface area contributed by atoms with Crippen LogP contribution in [0.25, 0.3) is 11.1 Å². The lowest BCUT2D eigenvalue weighted by Crippen LogP contribution is -2.55. The van der Waals surface area contributed by atoms with Crippen LogP contribution >= 0.6 is 11.6 Å². The highest BCUT2D eigenvalue weighted by molar-refractivity contribution is 6.33. The first-order chi connectivity index (χ1) is 18.4. The number of halogens is 1. The summed E-state index contributed by atoms with van der Waals surface area (Å²) in [5, 5.41) is 32.2. The fourth-order valence-corrected chi connectivity index (χ4v) is 4.70. The number of nitrogens with zero attached hydrogens (tertiary/aromatic N) is 1. The van der Waals surface area contributed by atoms with Gasteiger partial charge in [0.2, 0.25) is 0 Å². The Hall–Kier alpha value is -2.44. The minimum Gasteiger partial charge on any atom is -0.494 e. The van der Waals surface area contributed by atoms with Crippen molar-refractivity contribution in [2.75, 3.05) is 52.7 Å². The molecule has 2 aromatic rings. The van der Waals surface area contributed by atoms with Crippen molar-refractivity contribution in [3.63, 3.8) is 0 Å². The second-order valence-electron chi connectivity index (χ2n) is 9.13. The number of carbonyl (C=O) groups excluding carboxylic acids is 1. The number of aliphatic hydroxyl groups is 3. The standard InChI is InChI=1S/C27H34ClNO9/c1-2-35-19-6-3-17(4-7-19)20-15-18(5-8-21(20)28)26-25(32)24(31)23(30)22(38-26)16-37-27(33)36-14-11-29-9-12-34-13-10-29/h3-8,15,22-26,30-32H,2,9-14,16H2,1H3/t22-,23-,24+,25-,26+/m1/s1. The molecule has 0 amide bonds. The monoisotopic (exact) mass is 551 g/mol. The first kappa shape index (κ1) is 28.6. The molecule has 0 aromatic heterocycles. The average molecular weight is 552 g/mol. The number of carbonyl (C=O) groups is 1. The zero-order valence-corrected chi connectivity index (χ0v) is 22.0. The summed E-state index contributed by atoms with van der Waals surface area (Å²) in [7, 11) is 0. The third-order valence-electron chi connectivity index (χ3n) is 6.60. The predicted octanol–water partition coefficient (Wildman–Crippen LogP) is 2.41. The lowest BCUT2D eigenvalue weighted by Gasteiger charge is -2.40. The highest BCUT2D eigenvalue weighted by Gasteiger charge is 2.45. The van der Waals surface area contributed by atoms with E-state index in [1.165, 1.54) is 0 Å². The van der Waals surface area contributed by atoms with Crippen molar-refractivity contribution in [2.24, 2.45) is 0 Å². The molecule has 4 rings (SSSR count). The maximum Gasteiger partial charge on any atom is 0.508 e. The van der Waals surface area contributed by atoms with Gasteiger partial charge in [-0.1, -0.05) is 29.8 Å². The number of morpholine rings is 1. The van der Waals surface area contributed by atoms with E-state index < -0.39 is 36.7 Å². The van der Waals surface area contributed by atoms with Crippen molar-refractivity contribution >= 4 is 17.8 Å². The second kappa shape index (κ2) is 13.6. The Kier molecular flexibility index (Phi) is 10.2. The van der Waals surface area contributed by atoms with Crippen molar-refractivity contribution in [1.82, 2.24) is 4.90 Å². The Balaban J connectivity index is 1.39. The van der Waals surface area contributed by atoms with Crippen LogP contribution in [-0.4, -0.2) is 103 Å². The molecule has 2 saturated heterocycles. The molecule has 5 atom stereocenters. The minimum atomic E-state index is -1.52. The number of aliphatic hydroxyl groups excluding tert-OH is 3. The van der Waals surface area contributed by atoms with Gasteiger partial charge < -0.3 is 39.0 Å². The maximum absolute atomic E-state index is 12.1. The third-order valence-corrected chi connectivity index (χ3v) is 6.93. The Labute approximate surface area is 226 Å². The molecule has 0 unspecified atom stereocenters. The molecule has 3 N–H and O–H groups in total. The van der Waals surface area contributed by atoms with E-state index in [-0.39, 0.29) is 13.2 Å². The van der Waals surface area contributed by atoms with Gasteiger partial charge in [0, 0.05) is 30.2 Å². The number of hydrogen-bond donors (Lipinski definition) is 3. The molecule has 10 nitrogen and oxygen atoms in total. The van der Waals surface area contributed by atoms with Crippen molar-refractivity contribution in [1.29, 1.82) is 0 Å². The van der Waals surface area contributed by atoms with Gasteiger partial charge in [0.1, 0.15) is 49.5 Å². The summed E-state index contributed by atoms with van der Waals surface area (Å²) in [5.74, 6) is 0.731. The Morgan fingerprint density at radius 3 is 2.47 bits per heavy atom. The molecule has 208 valence electrons. The lowest BCUT2D eigenvalue weighted by atomic mass is 9.90. The molecule has 2 aromatic carbocycles. The average Bonchev–Trinajstić information content (AvgIpc) is 2.93. The molecular formula is C27H34ClNO9. The first-order valence-electron chi connectivity index (χ1n) is 12.7. The SMILES string of the molecule is CCOc1ccc(-c2cc([C@@H]3O[C@H](COC(=O)OCCN4CCOCC4)[C@@H](O)[C@H](O)[C@H]3O)ccc2Cl)cc1. The van der Waals surface area contributed by atoms with Crippen LogP contribution in [-0.2, 0) is 18.9 Å². The van der Waals surface area contributed by atoms with Gasteiger partial charge in [-0.05, 0) is 42.3 Å². The molecule has 0 spiro atoms. The molecule has 38 heavy (non-hydrogen) atoms. The van der Waals surface area contributed by atoms with E-state index in [9.17, 15) is 20.1 Å². The van der Waals surface area contributed by atoms with E-state index in [4.69, 9.17) is 35.3 Å². The summed E-state index contributed by atoms with van der Waals surface area (Å²) >= 11 is 6.46. The summed E-state index contributed by atoms with van der Waals surface area (Å²) in [6.07, 6.45) is -7.41. The van der Waals surface area contributed by atoms with E-state index >= 15 is 0 Å². The third kappa shape index (κ3) is 7.15. The lowest BCUT2D eigenvalue weighted by molar-refractivity contribution is -0.232. The summed E-state index contributed by atoms with van der Waals surface area (Å²) < 4.78 is 27.0. The zero-order valence-electron chi connectivity index (χ0n) is 21.2. The van der Waals surface area contributed by atoms with Gasteiger partial charge in [-0.15, -0.1) is 0 Å². The fourth-order valence-electron chi connectivity index (χ4n) is 4.48. The van der Waals surface area contributed by atoms with Crippen LogP contribution in [0.5, 0.6) is 5.75 Å².